The van der Waals surface area contributed by atoms with Crippen LogP contribution in [0.4, 0.5) is 0 Å². The number of rotatable bonds is 15. The minimum absolute atomic E-state index is 0.184. The number of primary amides is 1. The third-order valence-electron chi connectivity index (χ3n) is 5.85. The monoisotopic (exact) mass is 524 g/mol. The van der Waals surface area contributed by atoms with Gasteiger partial charge in [0.15, 0.2) is 0 Å². The summed E-state index contributed by atoms with van der Waals surface area (Å²) in [6.45, 7) is 0.395. The van der Waals surface area contributed by atoms with Crippen LogP contribution >= 0.6 is 0 Å². The van der Waals surface area contributed by atoms with Crippen LogP contribution in [-0.2, 0) is 25.6 Å². The first-order valence-electron chi connectivity index (χ1n) is 12.5. The van der Waals surface area contributed by atoms with Gasteiger partial charge in [0.2, 0.25) is 23.6 Å². The molecule has 0 aromatic heterocycles. The molecule has 0 radical (unpaired) electrons. The molecule has 0 fully saturated rings. The van der Waals surface area contributed by atoms with Crippen LogP contribution < -0.4 is 32.7 Å². The van der Waals surface area contributed by atoms with Crippen LogP contribution in [0.3, 0.4) is 0 Å². The summed E-state index contributed by atoms with van der Waals surface area (Å²) in [5.41, 5.74) is 12.1. The Balaban J connectivity index is 2.23. The molecule has 0 saturated heterocycles. The van der Waals surface area contributed by atoms with Gasteiger partial charge in [0.1, 0.15) is 18.1 Å². The van der Waals surface area contributed by atoms with Crippen LogP contribution in [-0.4, -0.2) is 61.3 Å². The number of hydrogen-bond acceptors (Lipinski definition) is 6. The number of nitrogens with one attached hydrogen (secondary N) is 4. The van der Waals surface area contributed by atoms with E-state index in [1.165, 1.54) is 7.05 Å². The predicted molar refractivity (Wildman–Crippen MR) is 142 cm³/mol. The van der Waals surface area contributed by atoms with Crippen molar-refractivity contribution < 1.29 is 24.0 Å². The molecule has 3 atom stereocenters. The smallest absolute Gasteiger partial charge is 0.251 e. The normalized spacial score (nSPS) is 12.9. The zero-order valence-electron chi connectivity index (χ0n) is 21.4. The summed E-state index contributed by atoms with van der Waals surface area (Å²) in [6.07, 6.45) is 1.19. The average Bonchev–Trinajstić information content (AvgIpc) is 2.92. The Morgan fingerprint density at radius 2 is 1.34 bits per heavy atom. The average molecular weight is 525 g/mol. The molecular weight excluding hydrogens is 488 g/mol. The zero-order valence-corrected chi connectivity index (χ0v) is 21.4. The molecule has 2 rings (SSSR count). The van der Waals surface area contributed by atoms with Crippen molar-refractivity contribution in [2.75, 3.05) is 13.6 Å². The minimum atomic E-state index is -1.26. The SMILES string of the molecule is CNC(=O)C[C@H](NC(=O)[C@H](CCCCN)NC(=O)[C@H](Cc1ccccc1)NC(=O)c1ccccc1)C(N)=O. The summed E-state index contributed by atoms with van der Waals surface area (Å²) in [5, 5.41) is 10.3. The van der Waals surface area contributed by atoms with Gasteiger partial charge in [0.25, 0.3) is 5.91 Å². The van der Waals surface area contributed by atoms with Crippen LogP contribution in [0.15, 0.2) is 60.7 Å². The van der Waals surface area contributed by atoms with Gasteiger partial charge in [0, 0.05) is 19.0 Å². The Kier molecular flexibility index (Phi) is 12.4. The zero-order chi connectivity index (χ0) is 27.9. The quantitative estimate of drug-likeness (QED) is 0.174. The summed E-state index contributed by atoms with van der Waals surface area (Å²) in [5.74, 6) is -3.05. The van der Waals surface area contributed by atoms with Gasteiger partial charge < -0.3 is 32.7 Å². The van der Waals surface area contributed by atoms with Crippen molar-refractivity contribution in [1.82, 2.24) is 21.3 Å². The fourth-order valence-electron chi connectivity index (χ4n) is 3.71. The molecule has 0 unspecified atom stereocenters. The van der Waals surface area contributed by atoms with Crippen molar-refractivity contribution in [3.8, 4) is 0 Å². The van der Waals surface area contributed by atoms with Crippen molar-refractivity contribution >= 4 is 29.5 Å². The largest absolute Gasteiger partial charge is 0.368 e. The lowest BCUT2D eigenvalue weighted by Crippen LogP contribution is -2.57. The Labute approximate surface area is 222 Å². The summed E-state index contributed by atoms with van der Waals surface area (Å²) in [4.78, 5) is 63.0. The van der Waals surface area contributed by atoms with E-state index in [1.54, 1.807) is 30.3 Å². The first kappa shape index (κ1) is 30.0. The Morgan fingerprint density at radius 3 is 1.92 bits per heavy atom. The molecule has 0 aliphatic rings. The lowest BCUT2D eigenvalue weighted by atomic mass is 10.0. The van der Waals surface area contributed by atoms with E-state index in [-0.39, 0.29) is 19.3 Å². The van der Waals surface area contributed by atoms with Crippen LogP contribution in [0.1, 0.15) is 41.6 Å². The van der Waals surface area contributed by atoms with Gasteiger partial charge in [-0.3, -0.25) is 24.0 Å². The molecule has 11 heteroatoms. The molecule has 0 heterocycles. The van der Waals surface area contributed by atoms with Crippen LogP contribution in [0, 0.1) is 0 Å². The molecule has 0 bridgehead atoms. The van der Waals surface area contributed by atoms with Crippen molar-refractivity contribution in [2.45, 2.75) is 50.2 Å². The highest BCUT2D eigenvalue weighted by atomic mass is 16.2. The number of nitrogens with two attached hydrogens (primary N) is 2. The summed E-state index contributed by atoms with van der Waals surface area (Å²) < 4.78 is 0. The van der Waals surface area contributed by atoms with Gasteiger partial charge in [0.05, 0.1) is 6.42 Å². The van der Waals surface area contributed by atoms with Gasteiger partial charge in [-0.1, -0.05) is 48.5 Å². The maximum Gasteiger partial charge on any atom is 0.251 e. The number of carbonyl (C=O) groups is 5. The number of hydrogen-bond donors (Lipinski definition) is 6. The van der Waals surface area contributed by atoms with Gasteiger partial charge in [-0.2, -0.15) is 0 Å². The molecule has 0 saturated carbocycles. The summed E-state index contributed by atoms with van der Waals surface area (Å²) >= 11 is 0. The van der Waals surface area contributed by atoms with Crippen LogP contribution in [0.25, 0.3) is 0 Å². The van der Waals surface area contributed by atoms with Crippen molar-refractivity contribution in [1.29, 1.82) is 0 Å². The maximum absolute atomic E-state index is 13.4. The Bertz CT molecular complexity index is 1080. The van der Waals surface area contributed by atoms with Crippen molar-refractivity contribution in [3.05, 3.63) is 71.8 Å². The van der Waals surface area contributed by atoms with E-state index in [4.69, 9.17) is 11.5 Å². The lowest BCUT2D eigenvalue weighted by Gasteiger charge is -2.25. The van der Waals surface area contributed by atoms with Crippen molar-refractivity contribution in [3.63, 3.8) is 0 Å². The molecule has 2 aromatic rings. The molecule has 0 spiro atoms. The molecule has 5 amide bonds. The van der Waals surface area contributed by atoms with E-state index in [2.05, 4.69) is 21.3 Å². The fraction of sp³-hybridized carbons (Fsp3) is 0.370. The highest BCUT2D eigenvalue weighted by Crippen LogP contribution is 2.08. The highest BCUT2D eigenvalue weighted by molar-refractivity contribution is 5.99. The van der Waals surface area contributed by atoms with Crippen LogP contribution in [0.2, 0.25) is 0 Å². The van der Waals surface area contributed by atoms with E-state index < -0.39 is 47.7 Å². The molecular formula is C27H36N6O5. The van der Waals surface area contributed by atoms with E-state index >= 15 is 0 Å². The minimum Gasteiger partial charge on any atom is -0.368 e. The lowest BCUT2D eigenvalue weighted by molar-refractivity contribution is -0.133. The number of benzene rings is 2. The third-order valence-corrected chi connectivity index (χ3v) is 5.85. The van der Waals surface area contributed by atoms with E-state index in [1.807, 2.05) is 30.3 Å². The molecule has 204 valence electrons. The molecule has 2 aromatic carbocycles. The van der Waals surface area contributed by atoms with Crippen molar-refractivity contribution in [2.24, 2.45) is 11.5 Å². The van der Waals surface area contributed by atoms with E-state index in [9.17, 15) is 24.0 Å². The van der Waals surface area contributed by atoms with Gasteiger partial charge in [-0.15, -0.1) is 0 Å². The maximum atomic E-state index is 13.4. The standard InChI is InChI=1S/C27H36N6O5/c1-30-23(34)17-21(24(29)35)32-26(37)20(14-8-9-15-28)31-27(38)22(16-18-10-4-2-5-11-18)33-25(36)19-12-6-3-7-13-19/h2-7,10-13,20-22H,8-9,14-17,28H2,1H3,(H2,29,35)(H,30,34)(H,31,38)(H,32,37)(H,33,36)/t20-,21-,22-/m0/s1. The van der Waals surface area contributed by atoms with E-state index in [0.29, 0.717) is 24.9 Å². The Hall–Kier alpha value is -4.25. The second-order valence-electron chi connectivity index (χ2n) is 8.77. The number of carbonyl (C=O) groups excluding carboxylic acids is 5. The highest BCUT2D eigenvalue weighted by Gasteiger charge is 2.30. The Morgan fingerprint density at radius 1 is 0.763 bits per heavy atom. The third kappa shape index (κ3) is 10.0. The topological polar surface area (TPSA) is 186 Å². The second kappa shape index (κ2) is 15.8. The molecule has 8 N–H and O–H groups in total. The molecule has 0 aliphatic heterocycles. The predicted octanol–water partition coefficient (Wildman–Crippen LogP) is -0.252. The van der Waals surface area contributed by atoms with E-state index in [0.717, 1.165) is 5.56 Å². The fourth-order valence-corrected chi connectivity index (χ4v) is 3.71. The number of unbranched alkanes of at least 4 members (excludes halogenated alkanes) is 1. The second-order valence-corrected chi connectivity index (χ2v) is 8.77. The summed E-state index contributed by atoms with van der Waals surface area (Å²) in [6, 6.07) is 14.3. The first-order valence-corrected chi connectivity index (χ1v) is 12.5. The number of amides is 5. The van der Waals surface area contributed by atoms with Crippen LogP contribution in [0.5, 0.6) is 0 Å². The molecule has 38 heavy (non-hydrogen) atoms. The molecule has 0 aliphatic carbocycles. The summed E-state index contributed by atoms with van der Waals surface area (Å²) in [7, 11) is 1.40. The van der Waals surface area contributed by atoms with Gasteiger partial charge in [-0.25, -0.2) is 0 Å². The van der Waals surface area contributed by atoms with Gasteiger partial charge >= 0.3 is 0 Å². The van der Waals surface area contributed by atoms with Gasteiger partial charge in [-0.05, 0) is 43.5 Å². The first-order chi connectivity index (χ1) is 18.2. The molecule has 11 nitrogen and oxygen atoms in total.